The van der Waals surface area contributed by atoms with Crippen molar-refractivity contribution in [2.24, 2.45) is 0 Å². The number of nitrogens with two attached hydrogens (primary N) is 1. The van der Waals surface area contributed by atoms with Crippen molar-refractivity contribution in [2.75, 3.05) is 12.3 Å². The number of anilines is 1. The molecule has 5 nitrogen and oxygen atoms in total. The number of phenolic OH excluding ortho intramolecular Hbond substituents is 1. The number of hydrogen-bond donors (Lipinski definition) is 2. The fourth-order valence-electron chi connectivity index (χ4n) is 2.21. The van der Waals surface area contributed by atoms with Crippen LogP contribution in [0.2, 0.25) is 0 Å². The first kappa shape index (κ1) is 13.5. The van der Waals surface area contributed by atoms with Gasteiger partial charge in [-0.3, -0.25) is 0 Å². The van der Waals surface area contributed by atoms with Crippen LogP contribution in [0.15, 0.2) is 18.2 Å². The molecule has 3 N–H and O–H groups in total. The molecule has 0 bridgehead atoms. The lowest BCUT2D eigenvalue weighted by atomic mass is 10.0. The van der Waals surface area contributed by atoms with Crippen molar-refractivity contribution in [3.05, 3.63) is 29.3 Å². The third-order valence-electron chi connectivity index (χ3n) is 3.23. The normalized spacial score (nSPS) is 13.9. The average molecular weight is 297 g/mol. The first-order chi connectivity index (χ1) is 9.88. The monoisotopic (exact) mass is 297 g/mol. The van der Waals surface area contributed by atoms with E-state index in [4.69, 9.17) is 10.5 Å². The molecule has 0 radical (unpaired) electrons. The van der Waals surface area contributed by atoms with Crippen molar-refractivity contribution in [3.8, 4) is 22.8 Å². The van der Waals surface area contributed by atoms with Crippen molar-refractivity contribution >= 4 is 5.82 Å². The third kappa shape index (κ3) is 2.22. The van der Waals surface area contributed by atoms with Crippen LogP contribution in [0.3, 0.4) is 0 Å². The summed E-state index contributed by atoms with van der Waals surface area (Å²) < 4.78 is 43.2. The number of halogens is 3. The van der Waals surface area contributed by atoms with Crippen molar-refractivity contribution < 1.29 is 23.0 Å². The maximum Gasteiger partial charge on any atom is 0.416 e. The summed E-state index contributed by atoms with van der Waals surface area (Å²) in [6.45, 7) is 0.390. The summed E-state index contributed by atoms with van der Waals surface area (Å²) >= 11 is 0. The summed E-state index contributed by atoms with van der Waals surface area (Å²) in [6.07, 6.45) is -3.98. The molecular formula is C13H10F3N3O2. The number of benzene rings is 1. The Morgan fingerprint density at radius 3 is 2.67 bits per heavy atom. The Morgan fingerprint density at radius 2 is 2.00 bits per heavy atom. The summed E-state index contributed by atoms with van der Waals surface area (Å²) in [6, 6.07) is 2.66. The maximum atomic E-state index is 12.6. The molecular weight excluding hydrogens is 287 g/mol. The Labute approximate surface area is 117 Å². The molecule has 1 aliphatic rings. The smallest absolute Gasteiger partial charge is 0.416 e. The van der Waals surface area contributed by atoms with Gasteiger partial charge < -0.3 is 15.6 Å². The van der Waals surface area contributed by atoms with E-state index in [-0.39, 0.29) is 17.1 Å². The van der Waals surface area contributed by atoms with Gasteiger partial charge in [-0.2, -0.15) is 13.2 Å². The second-order valence-electron chi connectivity index (χ2n) is 4.57. The molecule has 3 rings (SSSR count). The number of nitrogens with zero attached hydrogens (tertiary/aromatic N) is 2. The van der Waals surface area contributed by atoms with Gasteiger partial charge in [0.15, 0.2) is 11.6 Å². The van der Waals surface area contributed by atoms with E-state index >= 15 is 0 Å². The van der Waals surface area contributed by atoms with E-state index in [0.29, 0.717) is 30.4 Å². The molecule has 0 saturated carbocycles. The lowest BCUT2D eigenvalue weighted by Crippen LogP contribution is -2.05. The molecule has 1 aromatic heterocycles. The highest BCUT2D eigenvalue weighted by atomic mass is 19.4. The standard InChI is InChI=1S/C13H10F3N3O2/c14-13(15,16)6-1-2-7(9(20)5-6)10-11-8(3-4-21-11)12(17)19-18-10/h1-2,5,20H,3-4H2,(H2,17,19). The molecule has 0 aliphatic carbocycles. The summed E-state index contributed by atoms with van der Waals surface area (Å²) in [4.78, 5) is 0. The first-order valence-electron chi connectivity index (χ1n) is 6.06. The summed E-state index contributed by atoms with van der Waals surface area (Å²) in [5, 5.41) is 17.4. The van der Waals surface area contributed by atoms with Crippen LogP contribution in [-0.2, 0) is 12.6 Å². The van der Waals surface area contributed by atoms with Crippen molar-refractivity contribution in [2.45, 2.75) is 12.6 Å². The van der Waals surface area contributed by atoms with Crippen LogP contribution in [0.5, 0.6) is 11.5 Å². The third-order valence-corrected chi connectivity index (χ3v) is 3.23. The van der Waals surface area contributed by atoms with Crippen LogP contribution >= 0.6 is 0 Å². The van der Waals surface area contributed by atoms with Crippen LogP contribution in [0.25, 0.3) is 11.3 Å². The summed E-state index contributed by atoms with van der Waals surface area (Å²) in [5.41, 5.74) is 5.69. The lowest BCUT2D eigenvalue weighted by molar-refractivity contribution is -0.137. The van der Waals surface area contributed by atoms with Gasteiger partial charge in [0, 0.05) is 17.5 Å². The van der Waals surface area contributed by atoms with E-state index < -0.39 is 17.5 Å². The highest BCUT2D eigenvalue weighted by molar-refractivity contribution is 5.75. The number of ether oxygens (including phenoxy) is 1. The Hall–Kier alpha value is -2.51. The number of alkyl halides is 3. The number of hydrogen-bond acceptors (Lipinski definition) is 5. The minimum absolute atomic E-state index is 0.119. The predicted octanol–water partition coefficient (Wildman–Crippen LogP) is 2.39. The molecule has 0 atom stereocenters. The van der Waals surface area contributed by atoms with E-state index in [2.05, 4.69) is 10.2 Å². The van der Waals surface area contributed by atoms with Crippen LogP contribution in [0, 0.1) is 0 Å². The highest BCUT2D eigenvalue weighted by Crippen LogP contribution is 2.42. The first-order valence-corrected chi connectivity index (χ1v) is 6.06. The van der Waals surface area contributed by atoms with Gasteiger partial charge in [0.2, 0.25) is 0 Å². The van der Waals surface area contributed by atoms with Crippen LogP contribution in [0.4, 0.5) is 19.0 Å². The number of aromatic nitrogens is 2. The van der Waals surface area contributed by atoms with Gasteiger partial charge in [-0.1, -0.05) is 0 Å². The molecule has 8 heteroatoms. The molecule has 0 spiro atoms. The second kappa shape index (κ2) is 4.51. The second-order valence-corrected chi connectivity index (χ2v) is 4.57. The van der Waals surface area contributed by atoms with Crippen LogP contribution in [-0.4, -0.2) is 21.9 Å². The highest BCUT2D eigenvalue weighted by Gasteiger charge is 2.32. The van der Waals surface area contributed by atoms with Gasteiger partial charge in [-0.25, -0.2) is 0 Å². The molecule has 0 saturated heterocycles. The Morgan fingerprint density at radius 1 is 1.24 bits per heavy atom. The number of fused-ring (bicyclic) bond motifs is 1. The maximum absolute atomic E-state index is 12.6. The molecule has 110 valence electrons. The van der Waals surface area contributed by atoms with Crippen molar-refractivity contribution in [1.29, 1.82) is 0 Å². The van der Waals surface area contributed by atoms with E-state index in [1.165, 1.54) is 0 Å². The minimum Gasteiger partial charge on any atom is -0.507 e. The van der Waals surface area contributed by atoms with Crippen molar-refractivity contribution in [1.82, 2.24) is 10.2 Å². The SMILES string of the molecule is Nc1nnc(-c2ccc(C(F)(F)F)cc2O)c2c1CCO2. The van der Waals surface area contributed by atoms with Gasteiger partial charge >= 0.3 is 6.18 Å². The molecule has 21 heavy (non-hydrogen) atoms. The Kier molecular flexibility index (Phi) is 2.89. The number of nitrogen functional groups attached to an aromatic ring is 1. The zero-order valence-corrected chi connectivity index (χ0v) is 10.6. The van der Waals surface area contributed by atoms with E-state index in [0.717, 1.165) is 12.1 Å². The predicted molar refractivity (Wildman–Crippen MR) is 67.7 cm³/mol. The summed E-state index contributed by atoms with van der Waals surface area (Å²) in [5.74, 6) is 0.0387. The molecule has 1 aliphatic heterocycles. The molecule has 2 heterocycles. The molecule has 2 aromatic rings. The Bertz CT molecular complexity index is 717. The van der Waals surface area contributed by atoms with Crippen molar-refractivity contribution in [3.63, 3.8) is 0 Å². The van der Waals surface area contributed by atoms with E-state index in [1.807, 2.05) is 0 Å². The van der Waals surface area contributed by atoms with Crippen LogP contribution < -0.4 is 10.5 Å². The van der Waals surface area contributed by atoms with Gasteiger partial charge in [-0.15, -0.1) is 10.2 Å². The molecule has 0 fully saturated rings. The number of rotatable bonds is 1. The Balaban J connectivity index is 2.13. The zero-order valence-electron chi connectivity index (χ0n) is 10.6. The topological polar surface area (TPSA) is 81.3 Å². The van der Waals surface area contributed by atoms with Gasteiger partial charge in [0.25, 0.3) is 0 Å². The molecule has 1 aromatic carbocycles. The average Bonchev–Trinajstić information content (AvgIpc) is 2.89. The van der Waals surface area contributed by atoms with Gasteiger partial charge in [0.1, 0.15) is 11.4 Å². The zero-order chi connectivity index (χ0) is 15.2. The fraction of sp³-hybridized carbons (Fsp3) is 0.231. The van der Waals surface area contributed by atoms with E-state index in [9.17, 15) is 18.3 Å². The van der Waals surface area contributed by atoms with Gasteiger partial charge in [0.05, 0.1) is 12.2 Å². The number of phenols is 1. The quantitative estimate of drug-likeness (QED) is 0.844. The van der Waals surface area contributed by atoms with Gasteiger partial charge in [-0.05, 0) is 18.2 Å². The largest absolute Gasteiger partial charge is 0.507 e. The molecule has 0 unspecified atom stereocenters. The number of aromatic hydroxyl groups is 1. The van der Waals surface area contributed by atoms with Crippen LogP contribution in [0.1, 0.15) is 11.1 Å². The minimum atomic E-state index is -4.53. The van der Waals surface area contributed by atoms with E-state index in [1.54, 1.807) is 0 Å². The fourth-order valence-corrected chi connectivity index (χ4v) is 2.21. The summed E-state index contributed by atoms with van der Waals surface area (Å²) in [7, 11) is 0. The lowest BCUT2D eigenvalue weighted by Gasteiger charge is -2.11. The molecule has 0 amide bonds.